The van der Waals surface area contributed by atoms with Crippen molar-refractivity contribution >= 4 is 21.6 Å². The Labute approximate surface area is 121 Å². The highest BCUT2D eigenvalue weighted by Gasteiger charge is 2.47. The number of nitrogens with one attached hydrogen (secondary N) is 1. The van der Waals surface area contributed by atoms with E-state index in [2.05, 4.69) is 5.11 Å². The number of halogens is 7. The number of carbonyl (C=O) groups excluding carboxylic acids is 1. The molecule has 0 aliphatic carbocycles. The van der Waals surface area contributed by atoms with Gasteiger partial charge in [-0.1, -0.05) is 5.11 Å². The molecule has 1 N–H and O–H groups in total. The van der Waals surface area contributed by atoms with Crippen molar-refractivity contribution in [2.45, 2.75) is 5.51 Å². The van der Waals surface area contributed by atoms with Crippen molar-refractivity contribution in [3.05, 3.63) is 39.3 Å². The van der Waals surface area contributed by atoms with Crippen molar-refractivity contribution < 1.29 is 43.9 Å². The number of amides is 1. The number of hydrogen-bond acceptors (Lipinski definition) is 4. The van der Waals surface area contributed by atoms with Gasteiger partial charge in [0.25, 0.3) is 5.91 Å². The van der Waals surface area contributed by atoms with Gasteiger partial charge in [0.05, 0.1) is 0 Å². The molecule has 0 heterocycles. The predicted molar refractivity (Wildman–Crippen MR) is 57.5 cm³/mol. The summed E-state index contributed by atoms with van der Waals surface area (Å²) in [5.74, 6) is -12.5. The van der Waals surface area contributed by atoms with Crippen LogP contribution in [0.25, 0.3) is 10.4 Å². The van der Waals surface area contributed by atoms with E-state index in [1.54, 1.807) is 0 Å². The van der Waals surface area contributed by atoms with Gasteiger partial charge >= 0.3 is 15.5 Å². The molecule has 1 rings (SSSR count). The molecule has 0 aliphatic heterocycles. The molecule has 0 saturated heterocycles. The largest absolute Gasteiger partial charge is 0.516 e. The number of carbonyl (C=O) groups is 1. The maximum Gasteiger partial charge on any atom is 0.516 e. The van der Waals surface area contributed by atoms with Crippen molar-refractivity contribution in [2.24, 2.45) is 5.11 Å². The molecule has 1 aromatic rings. The van der Waals surface area contributed by atoms with Crippen LogP contribution >= 0.6 is 0 Å². The highest BCUT2D eigenvalue weighted by atomic mass is 32.2. The third-order valence-corrected chi connectivity index (χ3v) is 3.21. The maximum absolute atomic E-state index is 13.4. The number of rotatable bonds is 3. The first-order valence-corrected chi connectivity index (χ1v) is 6.38. The molecule has 0 fully saturated rings. The van der Waals surface area contributed by atoms with E-state index in [4.69, 9.17) is 5.53 Å². The molecule has 0 spiro atoms. The van der Waals surface area contributed by atoms with Crippen LogP contribution in [0.2, 0.25) is 0 Å². The Morgan fingerprint density at radius 3 is 1.83 bits per heavy atom. The fourth-order valence-corrected chi connectivity index (χ4v) is 1.64. The lowest BCUT2D eigenvalue weighted by Gasteiger charge is -2.11. The van der Waals surface area contributed by atoms with E-state index >= 15 is 0 Å². The average molecular weight is 366 g/mol. The Morgan fingerprint density at radius 2 is 1.48 bits per heavy atom. The van der Waals surface area contributed by atoms with Gasteiger partial charge in [-0.2, -0.15) is 21.6 Å². The minimum atomic E-state index is -6.38. The van der Waals surface area contributed by atoms with Crippen LogP contribution in [0, 0.1) is 23.3 Å². The van der Waals surface area contributed by atoms with Crippen molar-refractivity contribution in [1.29, 1.82) is 0 Å². The molecule has 15 heteroatoms. The van der Waals surface area contributed by atoms with Gasteiger partial charge in [-0.15, -0.1) is 0 Å². The highest BCUT2D eigenvalue weighted by Crippen LogP contribution is 2.31. The number of sulfonamides is 1. The molecule has 0 radical (unpaired) electrons. The second kappa shape index (κ2) is 5.92. The quantitative estimate of drug-likeness (QED) is 0.292. The van der Waals surface area contributed by atoms with E-state index in [0.29, 0.717) is 0 Å². The summed E-state index contributed by atoms with van der Waals surface area (Å²) in [7, 11) is -6.38. The predicted octanol–water partition coefficient (Wildman–Crippen LogP) is 2.76. The highest BCUT2D eigenvalue weighted by molar-refractivity contribution is 7.90. The summed E-state index contributed by atoms with van der Waals surface area (Å²) >= 11 is 0. The third kappa shape index (κ3) is 3.29. The Kier molecular flexibility index (Phi) is 4.77. The summed E-state index contributed by atoms with van der Waals surface area (Å²) in [5, 5.41) is 2.26. The minimum Gasteiger partial charge on any atom is -0.268 e. The van der Waals surface area contributed by atoms with Crippen LogP contribution in [0.15, 0.2) is 5.11 Å². The number of alkyl halides is 3. The van der Waals surface area contributed by atoms with E-state index in [0.717, 1.165) is 0 Å². The van der Waals surface area contributed by atoms with E-state index < -0.39 is 56.0 Å². The molecule has 1 amide bonds. The summed E-state index contributed by atoms with van der Waals surface area (Å²) in [6, 6.07) is 0. The standard InChI is InChI=1S/C8HF7N4O3S/c9-2-1(7(20)18-23(21,22)8(13,14)15)3(10)5(12)6(4(2)11)17-19-16/h(H,18,20). The fourth-order valence-electron chi connectivity index (χ4n) is 1.18. The normalized spacial score (nSPS) is 11.8. The Hall–Kier alpha value is -2.54. The van der Waals surface area contributed by atoms with Crippen LogP contribution in [0.3, 0.4) is 0 Å². The molecule has 0 bridgehead atoms. The van der Waals surface area contributed by atoms with Gasteiger partial charge in [0.2, 0.25) is 0 Å². The lowest BCUT2D eigenvalue weighted by atomic mass is 10.1. The Balaban J connectivity index is 3.52. The van der Waals surface area contributed by atoms with Crippen molar-refractivity contribution in [2.75, 3.05) is 0 Å². The van der Waals surface area contributed by atoms with Crippen LogP contribution in [-0.2, 0) is 10.0 Å². The van der Waals surface area contributed by atoms with Crippen LogP contribution in [0.4, 0.5) is 36.4 Å². The van der Waals surface area contributed by atoms with Crippen LogP contribution in [-0.4, -0.2) is 19.8 Å². The second-order valence-electron chi connectivity index (χ2n) is 3.55. The summed E-state index contributed by atoms with van der Waals surface area (Å²) in [5.41, 5.74) is -2.19. The summed E-state index contributed by atoms with van der Waals surface area (Å²) < 4.78 is 111. The van der Waals surface area contributed by atoms with Gasteiger partial charge in [0, 0.05) is 4.91 Å². The molecule has 23 heavy (non-hydrogen) atoms. The SMILES string of the molecule is [N-]=[N+]=Nc1c(F)c(F)c(C(=O)NS(=O)(=O)C(F)(F)F)c(F)c1F. The van der Waals surface area contributed by atoms with Crippen molar-refractivity contribution in [3.63, 3.8) is 0 Å². The Morgan fingerprint density at radius 1 is 1.04 bits per heavy atom. The first kappa shape index (κ1) is 18.5. The zero-order valence-corrected chi connectivity index (χ0v) is 10.9. The second-order valence-corrected chi connectivity index (χ2v) is 5.22. The number of hydrogen-bond donors (Lipinski definition) is 1. The average Bonchev–Trinajstić information content (AvgIpc) is 2.40. The molecule has 0 aromatic heterocycles. The number of nitrogens with zero attached hydrogens (tertiary/aromatic N) is 3. The zero-order valence-electron chi connectivity index (χ0n) is 10.1. The van der Waals surface area contributed by atoms with Gasteiger partial charge < -0.3 is 0 Å². The molecule has 7 nitrogen and oxygen atoms in total. The molecular weight excluding hydrogens is 365 g/mol. The van der Waals surface area contributed by atoms with Gasteiger partial charge in [-0.25, -0.2) is 22.3 Å². The number of azide groups is 1. The van der Waals surface area contributed by atoms with Crippen LogP contribution in [0.5, 0.6) is 0 Å². The van der Waals surface area contributed by atoms with Crippen LogP contribution in [0.1, 0.15) is 10.4 Å². The van der Waals surface area contributed by atoms with E-state index in [-0.39, 0.29) is 4.72 Å². The lowest BCUT2D eigenvalue weighted by Crippen LogP contribution is -2.41. The molecule has 0 atom stereocenters. The van der Waals surface area contributed by atoms with Crippen molar-refractivity contribution in [1.82, 2.24) is 4.72 Å². The smallest absolute Gasteiger partial charge is 0.268 e. The van der Waals surface area contributed by atoms with Gasteiger partial charge in [-0.05, 0) is 5.53 Å². The fraction of sp³-hybridized carbons (Fsp3) is 0.125. The van der Waals surface area contributed by atoms with Crippen LogP contribution < -0.4 is 4.72 Å². The Bertz CT molecular complexity index is 800. The summed E-state index contributed by atoms with van der Waals surface area (Å²) in [4.78, 5) is 13.1. The van der Waals surface area contributed by atoms with Gasteiger partial charge in [0.15, 0.2) is 23.3 Å². The molecule has 0 saturated carbocycles. The van der Waals surface area contributed by atoms with Gasteiger partial charge in [0.1, 0.15) is 11.3 Å². The van der Waals surface area contributed by atoms with E-state index in [1.807, 2.05) is 4.91 Å². The topological polar surface area (TPSA) is 112 Å². The lowest BCUT2D eigenvalue weighted by molar-refractivity contribution is -0.0446. The molecule has 0 aliphatic rings. The molecule has 1 aromatic carbocycles. The molecule has 126 valence electrons. The summed E-state index contributed by atoms with van der Waals surface area (Å²) in [6.45, 7) is 0. The zero-order chi connectivity index (χ0) is 18.2. The number of benzene rings is 1. The molecule has 0 unspecified atom stereocenters. The van der Waals surface area contributed by atoms with E-state index in [9.17, 15) is 43.9 Å². The molecular formula is C8HF7N4O3S. The third-order valence-electron chi connectivity index (χ3n) is 2.14. The first-order chi connectivity index (χ1) is 10.3. The minimum absolute atomic E-state index is 0.192. The summed E-state index contributed by atoms with van der Waals surface area (Å²) in [6.07, 6.45) is 0. The maximum atomic E-state index is 13.4. The van der Waals surface area contributed by atoms with Gasteiger partial charge in [-0.3, -0.25) is 4.79 Å². The van der Waals surface area contributed by atoms with Crippen molar-refractivity contribution in [3.8, 4) is 0 Å². The van der Waals surface area contributed by atoms with E-state index in [1.165, 1.54) is 0 Å². The monoisotopic (exact) mass is 366 g/mol. The first-order valence-electron chi connectivity index (χ1n) is 4.89.